The average molecular weight is 352 g/mol. The number of nitrogens with zero attached hydrogens (tertiary/aromatic N) is 2. The van der Waals surface area contributed by atoms with Gasteiger partial charge in [0.05, 0.1) is 6.10 Å². The topological polar surface area (TPSA) is 34.5 Å². The number of carbonyl (C=O) groups is 1. The zero-order valence-electron chi connectivity index (χ0n) is 15.6. The normalized spacial score (nSPS) is 23.8. The molecule has 0 radical (unpaired) electrons. The second-order valence-corrected chi connectivity index (χ2v) is 7.65. The Bertz CT molecular complexity index is 748. The molecule has 26 heavy (non-hydrogen) atoms. The number of carbonyl (C=O) groups excluding carboxylic acids is 1. The molecule has 1 aromatic heterocycles. The predicted molar refractivity (Wildman–Crippen MR) is 103 cm³/mol. The summed E-state index contributed by atoms with van der Waals surface area (Å²) in [5, 5.41) is 0. The Morgan fingerprint density at radius 2 is 1.96 bits per heavy atom. The van der Waals surface area contributed by atoms with Crippen molar-refractivity contribution in [2.75, 3.05) is 19.7 Å². The lowest BCUT2D eigenvalue weighted by molar-refractivity contribution is -0.0382. The van der Waals surface area contributed by atoms with E-state index in [4.69, 9.17) is 4.74 Å². The van der Waals surface area contributed by atoms with Crippen LogP contribution in [-0.2, 0) is 4.74 Å². The summed E-state index contributed by atoms with van der Waals surface area (Å²) in [6.45, 7) is 4.62. The zero-order chi connectivity index (χ0) is 17.9. The van der Waals surface area contributed by atoms with Gasteiger partial charge in [0.1, 0.15) is 0 Å². The molecule has 2 aliphatic heterocycles. The number of piperidine rings is 1. The zero-order valence-corrected chi connectivity index (χ0v) is 15.6. The maximum atomic E-state index is 13.1. The number of benzene rings is 1. The molecule has 0 spiro atoms. The fourth-order valence-electron chi connectivity index (χ4n) is 4.36. The first-order valence-corrected chi connectivity index (χ1v) is 9.87. The van der Waals surface area contributed by atoms with Crippen LogP contribution < -0.4 is 0 Å². The monoisotopic (exact) mass is 352 g/mol. The van der Waals surface area contributed by atoms with Gasteiger partial charge < -0.3 is 14.2 Å². The average Bonchev–Trinajstić information content (AvgIpc) is 3.23. The van der Waals surface area contributed by atoms with Gasteiger partial charge in [-0.05, 0) is 74.9 Å². The van der Waals surface area contributed by atoms with Gasteiger partial charge in [0.25, 0.3) is 5.91 Å². The van der Waals surface area contributed by atoms with E-state index in [1.165, 1.54) is 19.3 Å². The predicted octanol–water partition coefficient (Wildman–Crippen LogP) is 4.21. The molecule has 4 heteroatoms. The minimum Gasteiger partial charge on any atom is -0.378 e. The molecular weight excluding hydrogens is 324 g/mol. The van der Waals surface area contributed by atoms with Crippen LogP contribution in [-0.4, -0.2) is 41.2 Å². The van der Waals surface area contributed by atoms with E-state index >= 15 is 0 Å². The smallest absolute Gasteiger partial charge is 0.254 e. The van der Waals surface area contributed by atoms with Crippen LogP contribution in [0.3, 0.4) is 0 Å². The second kappa shape index (κ2) is 7.67. The molecule has 2 fully saturated rings. The Morgan fingerprint density at radius 1 is 1.12 bits per heavy atom. The highest BCUT2D eigenvalue weighted by Crippen LogP contribution is 2.29. The lowest BCUT2D eigenvalue weighted by atomic mass is 9.88. The standard InChI is InChI=1S/C22H28N2O2/c1-17-15-19(23-11-3-4-12-23)9-10-20(17)22(25)24-13-6-7-18(16-24)21-8-2-5-14-26-21/h3-4,9-12,15,18,21H,2,5-8,13-14,16H2,1H3. The molecule has 0 N–H and O–H groups in total. The van der Waals surface area contributed by atoms with Crippen LogP contribution in [0.2, 0.25) is 0 Å². The first-order chi connectivity index (χ1) is 12.7. The van der Waals surface area contributed by atoms with Crippen LogP contribution in [0.15, 0.2) is 42.7 Å². The molecule has 0 saturated carbocycles. The van der Waals surface area contributed by atoms with Crippen molar-refractivity contribution in [1.82, 2.24) is 9.47 Å². The molecule has 2 saturated heterocycles. The molecule has 2 unspecified atom stereocenters. The Morgan fingerprint density at radius 3 is 2.69 bits per heavy atom. The van der Waals surface area contributed by atoms with Crippen LogP contribution in [0, 0.1) is 12.8 Å². The van der Waals surface area contributed by atoms with Gasteiger partial charge in [0.15, 0.2) is 0 Å². The third-order valence-electron chi connectivity index (χ3n) is 5.83. The van der Waals surface area contributed by atoms with E-state index in [0.29, 0.717) is 12.0 Å². The number of rotatable bonds is 3. The van der Waals surface area contributed by atoms with Gasteiger partial charge in [-0.25, -0.2) is 0 Å². The van der Waals surface area contributed by atoms with E-state index in [9.17, 15) is 4.79 Å². The first-order valence-electron chi connectivity index (χ1n) is 9.87. The summed E-state index contributed by atoms with van der Waals surface area (Å²) in [6.07, 6.45) is 10.2. The minimum absolute atomic E-state index is 0.169. The summed E-state index contributed by atoms with van der Waals surface area (Å²) in [5.74, 6) is 0.662. The molecule has 1 aromatic carbocycles. The van der Waals surface area contributed by atoms with E-state index < -0.39 is 0 Å². The van der Waals surface area contributed by atoms with Gasteiger partial charge in [-0.15, -0.1) is 0 Å². The van der Waals surface area contributed by atoms with Crippen molar-refractivity contribution in [1.29, 1.82) is 0 Å². The van der Waals surface area contributed by atoms with Gasteiger partial charge in [0, 0.05) is 49.3 Å². The highest BCUT2D eigenvalue weighted by Gasteiger charge is 2.31. The second-order valence-electron chi connectivity index (χ2n) is 7.65. The molecular formula is C22H28N2O2. The van der Waals surface area contributed by atoms with Crippen molar-refractivity contribution < 1.29 is 9.53 Å². The first kappa shape index (κ1) is 17.3. The number of aryl methyl sites for hydroxylation is 1. The van der Waals surface area contributed by atoms with Gasteiger partial charge in [0.2, 0.25) is 0 Å². The quantitative estimate of drug-likeness (QED) is 0.829. The van der Waals surface area contributed by atoms with Crippen LogP contribution in [0.1, 0.15) is 48.0 Å². The van der Waals surface area contributed by atoms with Gasteiger partial charge in [-0.1, -0.05) is 0 Å². The molecule has 3 heterocycles. The summed E-state index contributed by atoms with van der Waals surface area (Å²) in [7, 11) is 0. The minimum atomic E-state index is 0.169. The maximum absolute atomic E-state index is 13.1. The summed E-state index contributed by atoms with van der Waals surface area (Å²) < 4.78 is 8.06. The largest absolute Gasteiger partial charge is 0.378 e. The number of hydrogen-bond acceptors (Lipinski definition) is 2. The van der Waals surface area contributed by atoms with Crippen LogP contribution in [0.4, 0.5) is 0 Å². The van der Waals surface area contributed by atoms with E-state index in [0.717, 1.165) is 49.4 Å². The van der Waals surface area contributed by atoms with E-state index in [2.05, 4.69) is 10.6 Å². The summed E-state index contributed by atoms with van der Waals surface area (Å²) >= 11 is 0. The number of amides is 1. The van der Waals surface area contributed by atoms with Crippen molar-refractivity contribution in [3.05, 3.63) is 53.9 Å². The number of hydrogen-bond donors (Lipinski definition) is 0. The molecule has 1 amide bonds. The number of aromatic nitrogens is 1. The Hall–Kier alpha value is -2.07. The van der Waals surface area contributed by atoms with Crippen LogP contribution >= 0.6 is 0 Å². The molecule has 2 atom stereocenters. The van der Waals surface area contributed by atoms with Gasteiger partial charge >= 0.3 is 0 Å². The third-order valence-corrected chi connectivity index (χ3v) is 5.83. The van der Waals surface area contributed by atoms with Gasteiger partial charge in [-0.3, -0.25) is 4.79 Å². The SMILES string of the molecule is Cc1cc(-n2cccc2)ccc1C(=O)N1CCCC(C2CCCCO2)C1. The lowest BCUT2D eigenvalue weighted by Gasteiger charge is -2.38. The van der Waals surface area contributed by atoms with E-state index in [1.54, 1.807) is 0 Å². The molecule has 0 bridgehead atoms. The van der Waals surface area contributed by atoms with Crippen molar-refractivity contribution >= 4 is 5.91 Å². The number of ether oxygens (including phenoxy) is 1. The third kappa shape index (κ3) is 3.56. The van der Waals surface area contributed by atoms with Gasteiger partial charge in [-0.2, -0.15) is 0 Å². The Kier molecular flexibility index (Phi) is 5.11. The van der Waals surface area contributed by atoms with Crippen LogP contribution in [0.5, 0.6) is 0 Å². The summed E-state index contributed by atoms with van der Waals surface area (Å²) in [6, 6.07) is 10.1. The van der Waals surface area contributed by atoms with E-state index in [1.807, 2.05) is 48.5 Å². The van der Waals surface area contributed by atoms with Crippen LogP contribution in [0.25, 0.3) is 5.69 Å². The Balaban J connectivity index is 1.48. The fourth-order valence-corrected chi connectivity index (χ4v) is 4.36. The maximum Gasteiger partial charge on any atom is 0.254 e. The number of likely N-dealkylation sites (tertiary alicyclic amines) is 1. The van der Waals surface area contributed by atoms with Crippen molar-refractivity contribution in [2.24, 2.45) is 5.92 Å². The van der Waals surface area contributed by atoms with Crippen molar-refractivity contribution in [3.63, 3.8) is 0 Å². The fraction of sp³-hybridized carbons (Fsp3) is 0.500. The molecule has 0 aliphatic carbocycles. The molecule has 2 aliphatic rings. The highest BCUT2D eigenvalue weighted by atomic mass is 16.5. The molecule has 4 nitrogen and oxygen atoms in total. The highest BCUT2D eigenvalue weighted by molar-refractivity contribution is 5.96. The molecule has 2 aromatic rings. The van der Waals surface area contributed by atoms with Crippen molar-refractivity contribution in [2.45, 2.75) is 45.1 Å². The lowest BCUT2D eigenvalue weighted by Crippen LogP contribution is -2.45. The summed E-state index contributed by atoms with van der Waals surface area (Å²) in [5.41, 5.74) is 2.96. The van der Waals surface area contributed by atoms with E-state index in [-0.39, 0.29) is 5.91 Å². The van der Waals surface area contributed by atoms with Crippen molar-refractivity contribution in [3.8, 4) is 5.69 Å². The molecule has 138 valence electrons. The Labute approximate surface area is 155 Å². The summed E-state index contributed by atoms with van der Waals surface area (Å²) in [4.78, 5) is 15.2. The molecule has 4 rings (SSSR count).